The lowest BCUT2D eigenvalue weighted by atomic mass is 10.3. The van der Waals surface area contributed by atoms with Crippen LogP contribution in [0.25, 0.3) is 0 Å². The van der Waals surface area contributed by atoms with Crippen molar-refractivity contribution in [2.75, 3.05) is 0 Å². The number of carboxylic acids is 1. The van der Waals surface area contributed by atoms with Crippen LogP contribution in [-0.2, 0) is 11.2 Å². The second kappa shape index (κ2) is 3.79. The summed E-state index contributed by atoms with van der Waals surface area (Å²) < 4.78 is 13.2. The van der Waals surface area contributed by atoms with Crippen LogP contribution in [-0.4, -0.2) is 16.1 Å². The van der Waals surface area contributed by atoms with Crippen LogP contribution in [0.3, 0.4) is 0 Å². The molecule has 1 heterocycles. The van der Waals surface area contributed by atoms with E-state index in [9.17, 15) is 9.18 Å². The molecule has 1 aromatic rings. The van der Waals surface area contributed by atoms with Gasteiger partial charge in [0.25, 0.3) is 0 Å². The maximum atomic E-state index is 12.6. The lowest BCUT2D eigenvalue weighted by Crippen LogP contribution is -2.03. The Bertz CT molecular complexity index is 296. The first-order chi connectivity index (χ1) is 5.58. The van der Waals surface area contributed by atoms with Gasteiger partial charge in [-0.25, -0.2) is 4.98 Å². The van der Waals surface area contributed by atoms with Crippen molar-refractivity contribution in [1.29, 1.82) is 0 Å². The summed E-state index contributed by atoms with van der Waals surface area (Å²) in [5.74, 6) is -1.65. The van der Waals surface area contributed by atoms with E-state index in [0.717, 1.165) is 0 Å². The van der Waals surface area contributed by atoms with Crippen LogP contribution in [0.15, 0.2) is 12.1 Å². The van der Waals surface area contributed by atoms with E-state index in [1.807, 2.05) is 22.6 Å². The molecule has 0 aliphatic heterocycles. The molecule has 0 atom stereocenters. The van der Waals surface area contributed by atoms with Gasteiger partial charge in [-0.15, -0.1) is 0 Å². The molecule has 0 aromatic carbocycles. The number of carbonyl (C=O) groups is 1. The average Bonchev–Trinajstić information content (AvgIpc) is 1.81. The van der Waals surface area contributed by atoms with Crippen molar-refractivity contribution >= 4 is 28.6 Å². The fourth-order valence-corrected chi connectivity index (χ4v) is 1.38. The molecule has 12 heavy (non-hydrogen) atoms. The van der Waals surface area contributed by atoms with Crippen molar-refractivity contribution in [2.45, 2.75) is 6.42 Å². The molecule has 0 radical (unpaired) electrons. The maximum Gasteiger partial charge on any atom is 0.309 e. The highest BCUT2D eigenvalue weighted by atomic mass is 127. The Morgan fingerprint density at radius 1 is 1.67 bits per heavy atom. The van der Waals surface area contributed by atoms with Gasteiger partial charge in [-0.1, -0.05) is 0 Å². The fourth-order valence-electron chi connectivity index (χ4n) is 0.762. The molecule has 1 rings (SSSR count). The van der Waals surface area contributed by atoms with E-state index in [-0.39, 0.29) is 12.1 Å². The smallest absolute Gasteiger partial charge is 0.309 e. The molecule has 0 aliphatic carbocycles. The third-order valence-electron chi connectivity index (χ3n) is 1.14. The molecular weight excluding hydrogens is 276 g/mol. The second-order valence-electron chi connectivity index (χ2n) is 2.17. The van der Waals surface area contributed by atoms with Crippen molar-refractivity contribution in [3.8, 4) is 0 Å². The summed E-state index contributed by atoms with van der Waals surface area (Å²) in [5, 5.41) is 8.38. The SMILES string of the molecule is O=C(O)Cc1cc(I)cc(F)n1. The monoisotopic (exact) mass is 281 g/mol. The highest BCUT2D eigenvalue weighted by molar-refractivity contribution is 14.1. The van der Waals surface area contributed by atoms with Crippen LogP contribution in [0.5, 0.6) is 0 Å². The zero-order valence-corrected chi connectivity index (χ0v) is 8.08. The van der Waals surface area contributed by atoms with E-state index in [1.165, 1.54) is 12.1 Å². The van der Waals surface area contributed by atoms with Crippen molar-refractivity contribution < 1.29 is 14.3 Å². The van der Waals surface area contributed by atoms with E-state index in [2.05, 4.69) is 4.98 Å². The Morgan fingerprint density at radius 2 is 2.33 bits per heavy atom. The zero-order valence-electron chi connectivity index (χ0n) is 5.92. The number of rotatable bonds is 2. The number of halogens is 2. The third kappa shape index (κ3) is 2.72. The third-order valence-corrected chi connectivity index (χ3v) is 1.77. The number of nitrogens with zero attached hydrogens (tertiary/aromatic N) is 1. The fraction of sp³-hybridized carbons (Fsp3) is 0.143. The summed E-state index contributed by atoms with van der Waals surface area (Å²) in [6.45, 7) is 0. The van der Waals surface area contributed by atoms with Crippen molar-refractivity contribution in [1.82, 2.24) is 4.98 Å². The molecule has 0 fully saturated rings. The van der Waals surface area contributed by atoms with E-state index in [4.69, 9.17) is 5.11 Å². The van der Waals surface area contributed by atoms with Gasteiger partial charge in [0, 0.05) is 9.64 Å². The maximum absolute atomic E-state index is 12.6. The quantitative estimate of drug-likeness (QED) is 0.659. The Morgan fingerprint density at radius 3 is 2.83 bits per heavy atom. The second-order valence-corrected chi connectivity index (χ2v) is 3.42. The molecule has 0 saturated carbocycles. The number of carboxylic acid groups (broad SMARTS) is 1. The molecule has 0 unspecified atom stereocenters. The molecule has 0 saturated heterocycles. The van der Waals surface area contributed by atoms with Gasteiger partial charge in [-0.05, 0) is 28.7 Å². The largest absolute Gasteiger partial charge is 0.481 e. The summed E-state index contributed by atoms with van der Waals surface area (Å²) in [4.78, 5) is 13.6. The first-order valence-electron chi connectivity index (χ1n) is 3.11. The zero-order chi connectivity index (χ0) is 9.14. The van der Waals surface area contributed by atoms with Gasteiger partial charge in [-0.2, -0.15) is 4.39 Å². The Labute approximate surface area is 81.8 Å². The number of hydrogen-bond acceptors (Lipinski definition) is 2. The van der Waals surface area contributed by atoms with Crippen molar-refractivity contribution in [3.05, 3.63) is 27.3 Å². The van der Waals surface area contributed by atoms with Crippen LogP contribution in [0.4, 0.5) is 4.39 Å². The van der Waals surface area contributed by atoms with Gasteiger partial charge in [0.15, 0.2) is 0 Å². The van der Waals surface area contributed by atoms with Crippen molar-refractivity contribution in [2.24, 2.45) is 0 Å². The number of hydrogen-bond donors (Lipinski definition) is 1. The molecule has 0 amide bonds. The molecule has 5 heteroatoms. The molecule has 1 aromatic heterocycles. The molecule has 1 N–H and O–H groups in total. The Balaban J connectivity index is 2.93. The lowest BCUT2D eigenvalue weighted by molar-refractivity contribution is -0.136. The lowest BCUT2D eigenvalue weighted by Gasteiger charge is -1.97. The molecule has 3 nitrogen and oxygen atoms in total. The van der Waals surface area contributed by atoms with Gasteiger partial charge < -0.3 is 5.11 Å². The molecule has 0 bridgehead atoms. The van der Waals surface area contributed by atoms with Gasteiger partial charge >= 0.3 is 5.97 Å². The summed E-state index contributed by atoms with van der Waals surface area (Å²) in [6.07, 6.45) is -0.242. The minimum atomic E-state index is -1.01. The summed E-state index contributed by atoms with van der Waals surface area (Å²) in [7, 11) is 0. The summed E-state index contributed by atoms with van der Waals surface area (Å²) in [5.41, 5.74) is 0.243. The van der Waals surface area contributed by atoms with Gasteiger partial charge in [0.2, 0.25) is 5.95 Å². The predicted molar refractivity (Wildman–Crippen MR) is 48.3 cm³/mol. The molecule has 0 aliphatic rings. The highest BCUT2D eigenvalue weighted by Crippen LogP contribution is 2.08. The minimum absolute atomic E-state index is 0.242. The normalized spacial score (nSPS) is 9.83. The number of pyridine rings is 1. The van der Waals surface area contributed by atoms with Crippen LogP contribution in [0.2, 0.25) is 0 Å². The summed E-state index contributed by atoms with van der Waals surface area (Å²) >= 11 is 1.90. The molecule has 0 spiro atoms. The van der Waals surface area contributed by atoms with Crippen LogP contribution in [0.1, 0.15) is 5.69 Å². The topological polar surface area (TPSA) is 50.2 Å². The first kappa shape index (κ1) is 9.37. The number of aromatic nitrogens is 1. The van der Waals surface area contributed by atoms with Crippen LogP contribution in [0, 0.1) is 9.52 Å². The highest BCUT2D eigenvalue weighted by Gasteiger charge is 2.04. The van der Waals surface area contributed by atoms with E-state index in [0.29, 0.717) is 3.57 Å². The average molecular weight is 281 g/mol. The summed E-state index contributed by atoms with van der Waals surface area (Å²) in [6, 6.07) is 2.78. The Hall–Kier alpha value is -0.720. The first-order valence-corrected chi connectivity index (χ1v) is 4.19. The Kier molecular flexibility index (Phi) is 2.96. The molecular formula is C7H5FINO2. The van der Waals surface area contributed by atoms with Crippen molar-refractivity contribution in [3.63, 3.8) is 0 Å². The van der Waals surface area contributed by atoms with Gasteiger partial charge in [0.05, 0.1) is 12.1 Å². The van der Waals surface area contributed by atoms with Crippen LogP contribution < -0.4 is 0 Å². The standard InChI is InChI=1S/C7H5FINO2/c8-6-2-4(9)1-5(10-6)3-7(11)12/h1-2H,3H2,(H,11,12). The van der Waals surface area contributed by atoms with Gasteiger partial charge in [-0.3, -0.25) is 4.79 Å². The van der Waals surface area contributed by atoms with E-state index in [1.54, 1.807) is 0 Å². The number of aliphatic carboxylic acids is 1. The minimum Gasteiger partial charge on any atom is -0.481 e. The predicted octanol–water partition coefficient (Wildman–Crippen LogP) is 1.45. The van der Waals surface area contributed by atoms with E-state index < -0.39 is 11.9 Å². The van der Waals surface area contributed by atoms with E-state index >= 15 is 0 Å². The van der Waals surface area contributed by atoms with Gasteiger partial charge in [0.1, 0.15) is 0 Å². The van der Waals surface area contributed by atoms with Crippen LogP contribution >= 0.6 is 22.6 Å². The molecule has 64 valence electrons.